The average molecular weight is 1310 g/mol. The predicted octanol–water partition coefficient (Wildman–Crippen LogP) is 23.4. The lowest BCUT2D eigenvalue weighted by Crippen LogP contribution is -2.17. The van der Waals surface area contributed by atoms with E-state index in [2.05, 4.69) is 306 Å². The summed E-state index contributed by atoms with van der Waals surface area (Å²) in [5.41, 5.74) is 30.5. The van der Waals surface area contributed by atoms with Crippen molar-refractivity contribution in [2.24, 2.45) is 0 Å². The number of hydrogen-bond donors (Lipinski definition) is 3. The Morgan fingerprint density at radius 2 is 0.871 bits per heavy atom. The third kappa shape index (κ3) is 11.1. The largest absolute Gasteiger partial charge is 0.478 e. The van der Waals surface area contributed by atoms with E-state index in [9.17, 15) is 9.90 Å². The molecule has 2 aliphatic rings. The Labute approximate surface area is 591 Å². The number of rotatable bonds is 6. The summed E-state index contributed by atoms with van der Waals surface area (Å²) < 4.78 is 2.61. The van der Waals surface area contributed by atoms with Crippen molar-refractivity contribution in [3.05, 3.63) is 270 Å². The van der Waals surface area contributed by atoms with Gasteiger partial charge >= 0.3 is 5.97 Å². The molecule has 10 aromatic carbocycles. The SMILES string of the molecule is Cc1cc(C)c(-c2c3nc(c(C#Cc4cc5c6c7c4cccc7c4cccc7c(-c8ccc(C(C)(C)C)cc8)cc(c6c74)n5Cc4cc(C(C)(C)C)cc(C(C)(C)C)c4)c4ccc([nH]4)c(-c4c(C)cc(C)cc4C)c4nc(c(C#Cc5ccc(C(=O)O)cc5)c5ccc2[nH]5)C=C4)C=C3)c(C)c1. The highest BCUT2D eigenvalue weighted by Gasteiger charge is 2.28. The summed E-state index contributed by atoms with van der Waals surface area (Å²) in [6.07, 6.45) is 8.43. The fourth-order valence-corrected chi connectivity index (χ4v) is 16.0. The Balaban J connectivity index is 1.00. The van der Waals surface area contributed by atoms with Crippen LogP contribution in [0.5, 0.6) is 0 Å². The lowest BCUT2D eigenvalue weighted by molar-refractivity contribution is 0.0696. The van der Waals surface area contributed by atoms with Crippen LogP contribution in [-0.2, 0) is 22.8 Å². The van der Waals surface area contributed by atoms with Crippen molar-refractivity contribution >= 4 is 106 Å². The minimum absolute atomic E-state index is 0.0160. The molecule has 16 rings (SSSR count). The van der Waals surface area contributed by atoms with Crippen LogP contribution in [0, 0.1) is 65.2 Å². The molecule has 0 aliphatic carbocycles. The zero-order valence-corrected chi connectivity index (χ0v) is 60.3. The molecule has 494 valence electrons. The van der Waals surface area contributed by atoms with Crippen molar-refractivity contribution in [2.75, 3.05) is 0 Å². The molecule has 2 aliphatic heterocycles. The number of carbonyl (C=O) groups is 1. The van der Waals surface area contributed by atoms with Crippen molar-refractivity contribution in [1.29, 1.82) is 0 Å². The number of carboxylic acid groups (broad SMARTS) is 1. The van der Waals surface area contributed by atoms with E-state index in [1.54, 1.807) is 24.3 Å². The molecule has 0 saturated carbocycles. The number of aryl methyl sites for hydroxylation is 6. The number of benzene rings is 10. The number of H-pyrrole nitrogens is 2. The van der Waals surface area contributed by atoms with Gasteiger partial charge < -0.3 is 19.6 Å². The maximum absolute atomic E-state index is 11.9. The van der Waals surface area contributed by atoms with Gasteiger partial charge in [0, 0.05) is 61.4 Å². The molecule has 14 aromatic rings. The van der Waals surface area contributed by atoms with Gasteiger partial charge in [-0.1, -0.05) is 200 Å². The third-order valence-electron chi connectivity index (χ3n) is 20.9. The molecule has 4 aromatic heterocycles. The highest BCUT2D eigenvalue weighted by atomic mass is 16.4. The average Bonchev–Trinajstić information content (AvgIpc) is 1.60. The quantitative estimate of drug-likeness (QED) is 0.0877. The molecule has 0 amide bonds. The van der Waals surface area contributed by atoms with E-state index in [0.29, 0.717) is 23.4 Å². The first-order valence-electron chi connectivity index (χ1n) is 35.2. The van der Waals surface area contributed by atoms with Gasteiger partial charge in [-0.25, -0.2) is 14.8 Å². The second-order valence-electron chi connectivity index (χ2n) is 31.4. The molecule has 7 nitrogen and oxygen atoms in total. The molecular formula is C94H81N5O2. The molecule has 0 unspecified atom stereocenters. The van der Waals surface area contributed by atoms with Gasteiger partial charge in [0.2, 0.25) is 0 Å². The number of nitrogens with one attached hydrogen (secondary N) is 2. The molecule has 0 radical (unpaired) electrons. The summed E-state index contributed by atoms with van der Waals surface area (Å²) in [6.45, 7) is 34.5. The van der Waals surface area contributed by atoms with E-state index in [4.69, 9.17) is 9.97 Å². The van der Waals surface area contributed by atoms with E-state index < -0.39 is 5.97 Å². The van der Waals surface area contributed by atoms with Gasteiger partial charge in [0.25, 0.3) is 0 Å². The van der Waals surface area contributed by atoms with Gasteiger partial charge in [-0.2, -0.15) is 0 Å². The molecule has 0 atom stereocenters. The molecule has 0 saturated heterocycles. The summed E-state index contributed by atoms with van der Waals surface area (Å²) in [5.74, 6) is 13.8. The summed E-state index contributed by atoms with van der Waals surface area (Å²) in [4.78, 5) is 31.1. The number of hydrogen-bond acceptors (Lipinski definition) is 3. The van der Waals surface area contributed by atoms with Crippen molar-refractivity contribution in [2.45, 2.75) is 127 Å². The molecule has 0 spiro atoms. The fraction of sp³-hybridized carbons (Fsp3) is 0.202. The summed E-state index contributed by atoms with van der Waals surface area (Å²) in [6, 6.07) is 59.4. The Bertz CT molecular complexity index is 6110. The highest BCUT2D eigenvalue weighted by Crippen LogP contribution is 2.51. The number of aromatic nitrogens is 5. The van der Waals surface area contributed by atoms with Crippen molar-refractivity contribution < 1.29 is 9.90 Å². The third-order valence-corrected chi connectivity index (χ3v) is 20.9. The van der Waals surface area contributed by atoms with Gasteiger partial charge in [0.1, 0.15) is 0 Å². The van der Waals surface area contributed by atoms with Crippen LogP contribution in [0.4, 0.5) is 0 Å². The standard InChI is InChI=1S/C94H81N5O2/c1-52-42-54(3)83(55(4)43-52)87-77-38-34-73(95-77)70(32-24-58-22-25-61(26-23-58)91(100)101)74-35-39-78(96-74)88(84-56(5)44-53(2)45-57(84)6)80-41-37-76(98-80)71(75-36-40-79(87)97-75)33-29-62-48-81-89-85-66(62)18-16-19-67(85)68-20-17-21-69-72(60-27-30-63(31-28-60)92(7,8)9)50-82(90(89)86(68)69)99(81)51-59-46-64(93(10,11)12)49-65(47-59)94(13,14)15/h16-23,25-28,30-31,34-50,95,98H,51H2,1-15H3,(H,100,101). The van der Waals surface area contributed by atoms with Gasteiger partial charge in [-0.3, -0.25) is 0 Å². The van der Waals surface area contributed by atoms with Gasteiger partial charge in [-0.15, -0.1) is 0 Å². The van der Waals surface area contributed by atoms with Crippen molar-refractivity contribution in [1.82, 2.24) is 24.5 Å². The van der Waals surface area contributed by atoms with E-state index in [-0.39, 0.29) is 21.8 Å². The van der Waals surface area contributed by atoms with Gasteiger partial charge in [0.05, 0.1) is 61.5 Å². The Morgan fingerprint density at radius 3 is 1.37 bits per heavy atom. The van der Waals surface area contributed by atoms with Crippen LogP contribution >= 0.6 is 0 Å². The van der Waals surface area contributed by atoms with E-state index in [0.717, 1.165) is 106 Å². The van der Waals surface area contributed by atoms with Crippen LogP contribution in [0.25, 0.3) is 134 Å². The van der Waals surface area contributed by atoms with Crippen LogP contribution in [0.3, 0.4) is 0 Å². The zero-order valence-electron chi connectivity index (χ0n) is 60.3. The maximum atomic E-state index is 11.9. The molecule has 3 N–H and O–H groups in total. The number of aromatic carboxylic acids is 1. The maximum Gasteiger partial charge on any atom is 0.335 e. The Morgan fingerprint density at radius 1 is 0.426 bits per heavy atom. The van der Waals surface area contributed by atoms with E-state index in [1.807, 2.05) is 0 Å². The molecule has 0 fully saturated rings. The molecule has 6 heterocycles. The smallest absolute Gasteiger partial charge is 0.335 e. The fourth-order valence-electron chi connectivity index (χ4n) is 16.0. The summed E-state index contributed by atoms with van der Waals surface area (Å²) in [7, 11) is 0. The van der Waals surface area contributed by atoms with Crippen LogP contribution in [0.15, 0.2) is 164 Å². The minimum Gasteiger partial charge on any atom is -0.478 e. The first kappa shape index (κ1) is 64.2. The molecule has 101 heavy (non-hydrogen) atoms. The van der Waals surface area contributed by atoms with Crippen molar-refractivity contribution in [3.8, 4) is 57.1 Å². The monoisotopic (exact) mass is 1310 g/mol. The molecule has 7 heteroatoms. The Hall–Kier alpha value is -11.5. The second kappa shape index (κ2) is 23.6. The lowest BCUT2D eigenvalue weighted by Gasteiger charge is -2.26. The van der Waals surface area contributed by atoms with Crippen LogP contribution < -0.4 is 0 Å². The highest BCUT2D eigenvalue weighted by molar-refractivity contribution is 6.41. The predicted molar refractivity (Wildman–Crippen MR) is 425 cm³/mol. The number of aromatic amines is 2. The topological polar surface area (TPSA) is 99.6 Å². The Kier molecular flexibility index (Phi) is 15.0. The summed E-state index contributed by atoms with van der Waals surface area (Å²) >= 11 is 0. The van der Waals surface area contributed by atoms with Crippen LogP contribution in [0.1, 0.15) is 173 Å². The normalized spacial score (nSPS) is 12.6. The van der Waals surface area contributed by atoms with Gasteiger partial charge in [0.15, 0.2) is 0 Å². The number of carboxylic acids is 1. The van der Waals surface area contributed by atoms with E-state index in [1.165, 1.54) is 87.7 Å². The van der Waals surface area contributed by atoms with Crippen LogP contribution in [0.2, 0.25) is 0 Å². The zero-order chi connectivity index (χ0) is 70.5. The van der Waals surface area contributed by atoms with Gasteiger partial charge in [-0.05, 0) is 231 Å². The second-order valence-corrected chi connectivity index (χ2v) is 31.4. The molecular weight excluding hydrogens is 1230 g/mol. The first-order valence-corrected chi connectivity index (χ1v) is 35.2. The van der Waals surface area contributed by atoms with E-state index >= 15 is 0 Å². The summed E-state index contributed by atoms with van der Waals surface area (Å²) in [5, 5.41) is 19.6. The molecule has 8 bridgehead atoms. The number of fused-ring (bicyclic) bond motifs is 9. The minimum atomic E-state index is -0.988. The number of nitrogens with zero attached hydrogens (tertiary/aromatic N) is 3. The van der Waals surface area contributed by atoms with Crippen molar-refractivity contribution in [3.63, 3.8) is 0 Å². The lowest BCUT2D eigenvalue weighted by atomic mass is 9.79. The first-order chi connectivity index (χ1) is 48.2. The van der Waals surface area contributed by atoms with Crippen LogP contribution in [-0.4, -0.2) is 35.6 Å².